The van der Waals surface area contributed by atoms with E-state index in [1.165, 1.54) is 50.1 Å². The second-order valence-corrected chi connectivity index (χ2v) is 9.45. The molecule has 0 unspecified atom stereocenters. The van der Waals surface area contributed by atoms with Crippen molar-refractivity contribution in [2.75, 3.05) is 0 Å². The van der Waals surface area contributed by atoms with E-state index in [0.29, 0.717) is 0 Å². The van der Waals surface area contributed by atoms with Gasteiger partial charge in [-0.05, 0) is 79.9 Å². The summed E-state index contributed by atoms with van der Waals surface area (Å²) in [5.41, 5.74) is 12.7. The fourth-order valence-corrected chi connectivity index (χ4v) is 6.19. The van der Waals surface area contributed by atoms with Crippen LogP contribution in [0.3, 0.4) is 0 Å². The van der Waals surface area contributed by atoms with Crippen molar-refractivity contribution in [2.45, 2.75) is 5.41 Å². The van der Waals surface area contributed by atoms with E-state index in [4.69, 9.17) is 0 Å². The van der Waals surface area contributed by atoms with Crippen molar-refractivity contribution in [1.29, 1.82) is 0 Å². The maximum atomic E-state index is 4.36. The van der Waals surface area contributed by atoms with Crippen molar-refractivity contribution < 1.29 is 0 Å². The molecule has 1 aromatic heterocycles. The maximum absolute atomic E-state index is 4.36. The van der Waals surface area contributed by atoms with Crippen LogP contribution >= 0.6 is 15.9 Å². The van der Waals surface area contributed by atoms with Gasteiger partial charge in [-0.2, -0.15) is 0 Å². The Bertz CT molecular complexity index is 1490. The Morgan fingerprint density at radius 2 is 1.16 bits per heavy atom. The number of halogens is 1. The van der Waals surface area contributed by atoms with Gasteiger partial charge in [-0.3, -0.25) is 4.98 Å². The quantitative estimate of drug-likeness (QED) is 0.237. The molecular weight excluding hydrogens is 454 g/mol. The normalized spacial score (nSPS) is 14.0. The zero-order valence-electron chi connectivity index (χ0n) is 17.2. The summed E-state index contributed by atoms with van der Waals surface area (Å²) in [5, 5.41) is 0. The summed E-state index contributed by atoms with van der Waals surface area (Å²) in [7, 11) is 0. The second kappa shape index (κ2) is 6.51. The van der Waals surface area contributed by atoms with Crippen molar-refractivity contribution in [3.63, 3.8) is 0 Å². The molecule has 2 aliphatic carbocycles. The van der Waals surface area contributed by atoms with E-state index in [1.807, 2.05) is 18.5 Å². The van der Waals surface area contributed by atoms with Crippen LogP contribution in [0.1, 0.15) is 22.3 Å². The molecule has 0 saturated carbocycles. The SMILES string of the molecule is Brc1ccc2c(c1)C1(c3ccccc3-c3ccccc31)c1cc(-c3cccnc3)ccc1-2. The molecule has 32 heavy (non-hydrogen) atoms. The predicted octanol–water partition coefficient (Wildman–Crippen LogP) is 7.85. The minimum atomic E-state index is -0.320. The first kappa shape index (κ1) is 18.1. The Morgan fingerprint density at radius 3 is 1.84 bits per heavy atom. The molecule has 1 heterocycles. The summed E-state index contributed by atoms with van der Waals surface area (Å²) in [6.07, 6.45) is 3.78. The van der Waals surface area contributed by atoms with Gasteiger partial charge < -0.3 is 0 Å². The van der Waals surface area contributed by atoms with E-state index in [9.17, 15) is 0 Å². The highest BCUT2D eigenvalue weighted by Crippen LogP contribution is 2.63. The van der Waals surface area contributed by atoms with E-state index in [1.54, 1.807) is 0 Å². The van der Waals surface area contributed by atoms with Gasteiger partial charge in [0.2, 0.25) is 0 Å². The first-order valence-corrected chi connectivity index (χ1v) is 11.6. The number of rotatable bonds is 1. The number of hydrogen-bond donors (Lipinski definition) is 0. The lowest BCUT2D eigenvalue weighted by molar-refractivity contribution is 0.793. The number of nitrogens with zero attached hydrogens (tertiary/aromatic N) is 1. The Balaban J connectivity index is 1.65. The molecule has 7 rings (SSSR count). The smallest absolute Gasteiger partial charge is 0.0726 e. The zero-order valence-corrected chi connectivity index (χ0v) is 18.8. The molecule has 1 nitrogen and oxygen atoms in total. The van der Waals surface area contributed by atoms with Crippen LogP contribution in [0.5, 0.6) is 0 Å². The lowest BCUT2D eigenvalue weighted by Crippen LogP contribution is -2.25. The van der Waals surface area contributed by atoms with Crippen LogP contribution in [0.4, 0.5) is 0 Å². The molecule has 0 saturated heterocycles. The Labute approximate surface area is 195 Å². The van der Waals surface area contributed by atoms with Gasteiger partial charge in [-0.15, -0.1) is 0 Å². The molecule has 2 aliphatic rings. The molecule has 5 aromatic rings. The average Bonchev–Trinajstić information content (AvgIpc) is 3.31. The molecule has 0 radical (unpaired) electrons. The molecule has 1 spiro atoms. The minimum absolute atomic E-state index is 0.320. The highest BCUT2D eigenvalue weighted by molar-refractivity contribution is 9.10. The summed E-state index contributed by atoms with van der Waals surface area (Å²) < 4.78 is 1.11. The largest absolute Gasteiger partial charge is 0.264 e. The van der Waals surface area contributed by atoms with E-state index in [-0.39, 0.29) is 5.41 Å². The Morgan fingerprint density at radius 1 is 0.531 bits per heavy atom. The summed E-state index contributed by atoms with van der Waals surface area (Å²) in [6.45, 7) is 0. The number of fused-ring (bicyclic) bond motifs is 10. The molecule has 150 valence electrons. The second-order valence-electron chi connectivity index (χ2n) is 8.53. The highest BCUT2D eigenvalue weighted by atomic mass is 79.9. The van der Waals surface area contributed by atoms with Gasteiger partial charge in [-0.1, -0.05) is 88.7 Å². The van der Waals surface area contributed by atoms with Gasteiger partial charge in [-0.25, -0.2) is 0 Å². The molecule has 0 atom stereocenters. The summed E-state index contributed by atoms with van der Waals surface area (Å²) in [4.78, 5) is 4.36. The molecule has 4 aromatic carbocycles. The van der Waals surface area contributed by atoms with Crippen LogP contribution in [0.15, 0.2) is 114 Å². The third-order valence-electron chi connectivity index (χ3n) is 7.05. The Kier molecular flexibility index (Phi) is 3.68. The van der Waals surface area contributed by atoms with Gasteiger partial charge in [0.1, 0.15) is 0 Å². The molecule has 2 heteroatoms. The molecule has 0 fully saturated rings. The van der Waals surface area contributed by atoms with Crippen LogP contribution in [-0.2, 0) is 5.41 Å². The van der Waals surface area contributed by atoms with Crippen molar-refractivity contribution in [3.05, 3.63) is 136 Å². The van der Waals surface area contributed by atoms with Crippen LogP contribution in [0.25, 0.3) is 33.4 Å². The van der Waals surface area contributed by atoms with Gasteiger partial charge in [0, 0.05) is 16.9 Å². The van der Waals surface area contributed by atoms with E-state index in [2.05, 4.69) is 112 Å². The molecule has 0 aliphatic heterocycles. The monoisotopic (exact) mass is 471 g/mol. The number of benzene rings is 4. The lowest BCUT2D eigenvalue weighted by atomic mass is 9.70. The highest BCUT2D eigenvalue weighted by Gasteiger charge is 2.51. The van der Waals surface area contributed by atoms with Crippen LogP contribution < -0.4 is 0 Å². The van der Waals surface area contributed by atoms with Crippen LogP contribution in [0, 0.1) is 0 Å². The standard InChI is InChI=1S/C30H18BrN/c31-21-12-14-25-24-13-11-19(20-6-5-15-32-18-20)16-28(24)30(29(25)17-21)26-9-3-1-7-22(26)23-8-2-4-10-27(23)30/h1-18H. The summed E-state index contributed by atoms with van der Waals surface area (Å²) in [5.74, 6) is 0. The van der Waals surface area contributed by atoms with Crippen LogP contribution in [-0.4, -0.2) is 4.98 Å². The fraction of sp³-hybridized carbons (Fsp3) is 0.0333. The van der Waals surface area contributed by atoms with Crippen LogP contribution in [0.2, 0.25) is 0 Å². The number of aromatic nitrogens is 1. The van der Waals surface area contributed by atoms with Crippen molar-refractivity contribution in [3.8, 4) is 33.4 Å². The first-order chi connectivity index (χ1) is 15.8. The van der Waals surface area contributed by atoms with Gasteiger partial charge in [0.05, 0.1) is 5.41 Å². The first-order valence-electron chi connectivity index (χ1n) is 10.8. The van der Waals surface area contributed by atoms with Crippen molar-refractivity contribution in [1.82, 2.24) is 4.98 Å². The summed E-state index contributed by atoms with van der Waals surface area (Å²) in [6, 6.07) is 35.6. The van der Waals surface area contributed by atoms with E-state index >= 15 is 0 Å². The zero-order chi connectivity index (χ0) is 21.3. The van der Waals surface area contributed by atoms with Gasteiger partial charge in [0.25, 0.3) is 0 Å². The van der Waals surface area contributed by atoms with Gasteiger partial charge >= 0.3 is 0 Å². The number of hydrogen-bond acceptors (Lipinski definition) is 1. The van der Waals surface area contributed by atoms with E-state index in [0.717, 1.165) is 10.0 Å². The van der Waals surface area contributed by atoms with E-state index < -0.39 is 0 Å². The minimum Gasteiger partial charge on any atom is -0.264 e. The third-order valence-corrected chi connectivity index (χ3v) is 7.54. The lowest BCUT2D eigenvalue weighted by Gasteiger charge is -2.30. The number of pyridine rings is 1. The van der Waals surface area contributed by atoms with Crippen molar-refractivity contribution in [2.24, 2.45) is 0 Å². The average molecular weight is 472 g/mol. The molecule has 0 N–H and O–H groups in total. The predicted molar refractivity (Wildman–Crippen MR) is 134 cm³/mol. The molecule has 0 amide bonds. The fourth-order valence-electron chi connectivity index (χ4n) is 5.82. The third kappa shape index (κ3) is 2.20. The molecular formula is C30H18BrN. The Hall–Kier alpha value is -3.49. The maximum Gasteiger partial charge on any atom is 0.0726 e. The molecule has 0 bridgehead atoms. The van der Waals surface area contributed by atoms with Gasteiger partial charge in [0.15, 0.2) is 0 Å². The summed E-state index contributed by atoms with van der Waals surface area (Å²) >= 11 is 3.76. The van der Waals surface area contributed by atoms with Crippen molar-refractivity contribution >= 4 is 15.9 Å². The topological polar surface area (TPSA) is 12.9 Å².